The van der Waals surface area contributed by atoms with Crippen molar-refractivity contribution in [2.75, 3.05) is 19.7 Å². The molecule has 0 amide bonds. The van der Waals surface area contributed by atoms with Crippen molar-refractivity contribution in [1.82, 2.24) is 4.31 Å². The molecule has 1 heterocycles. The standard InChI is InChI=1S/C14H20N2O3S2/c1-2-19-12-4-3-9-16(10-12)21(17,18)13-7-5-11(6-8-13)14(15)20/h5-8,12H,2-4,9-10H2,1H3,(H2,15,20). The van der Waals surface area contributed by atoms with Crippen LogP contribution < -0.4 is 5.73 Å². The van der Waals surface area contributed by atoms with Crippen LogP contribution in [0, 0.1) is 0 Å². The van der Waals surface area contributed by atoms with Gasteiger partial charge in [-0.15, -0.1) is 0 Å². The van der Waals surface area contributed by atoms with E-state index in [1.165, 1.54) is 4.31 Å². The number of nitrogens with zero attached hydrogens (tertiary/aromatic N) is 1. The van der Waals surface area contributed by atoms with E-state index in [0.29, 0.717) is 25.3 Å². The molecule has 21 heavy (non-hydrogen) atoms. The maximum Gasteiger partial charge on any atom is 0.243 e. The fourth-order valence-electron chi connectivity index (χ4n) is 2.44. The maximum absolute atomic E-state index is 12.6. The van der Waals surface area contributed by atoms with Crippen LogP contribution in [0.1, 0.15) is 25.3 Å². The number of benzene rings is 1. The molecule has 1 aromatic rings. The van der Waals surface area contributed by atoms with Crippen molar-refractivity contribution in [1.29, 1.82) is 0 Å². The van der Waals surface area contributed by atoms with Crippen LogP contribution in [-0.2, 0) is 14.8 Å². The van der Waals surface area contributed by atoms with Gasteiger partial charge in [0.2, 0.25) is 10.0 Å². The number of hydrogen-bond donors (Lipinski definition) is 1. The first-order chi connectivity index (χ1) is 9.95. The Morgan fingerprint density at radius 2 is 2.10 bits per heavy atom. The second-order valence-corrected chi connectivity index (χ2v) is 7.35. The highest BCUT2D eigenvalue weighted by Crippen LogP contribution is 2.22. The highest BCUT2D eigenvalue weighted by atomic mass is 32.2. The molecule has 5 nitrogen and oxygen atoms in total. The molecule has 0 aliphatic carbocycles. The molecule has 2 rings (SSSR count). The average Bonchev–Trinajstić information content (AvgIpc) is 2.48. The van der Waals surface area contributed by atoms with E-state index < -0.39 is 10.0 Å². The second-order valence-electron chi connectivity index (χ2n) is 4.97. The fourth-order valence-corrected chi connectivity index (χ4v) is 4.08. The van der Waals surface area contributed by atoms with Gasteiger partial charge in [0.25, 0.3) is 0 Å². The zero-order valence-electron chi connectivity index (χ0n) is 12.0. The minimum Gasteiger partial charge on any atom is -0.389 e. The van der Waals surface area contributed by atoms with E-state index in [0.717, 1.165) is 12.8 Å². The number of thiocarbonyl (C=S) groups is 1. The summed E-state index contributed by atoms with van der Waals surface area (Å²) in [6.45, 7) is 3.46. The summed E-state index contributed by atoms with van der Waals surface area (Å²) in [5.74, 6) is 0. The van der Waals surface area contributed by atoms with Crippen molar-refractivity contribution < 1.29 is 13.2 Å². The maximum atomic E-state index is 12.6. The van der Waals surface area contributed by atoms with Gasteiger partial charge in [0.05, 0.1) is 11.0 Å². The summed E-state index contributed by atoms with van der Waals surface area (Å²) in [7, 11) is -3.49. The van der Waals surface area contributed by atoms with Crippen LogP contribution >= 0.6 is 12.2 Å². The summed E-state index contributed by atoms with van der Waals surface area (Å²) in [6, 6.07) is 6.38. The molecule has 1 atom stereocenters. The Morgan fingerprint density at radius 1 is 1.43 bits per heavy atom. The SMILES string of the molecule is CCOC1CCCN(S(=O)(=O)c2ccc(C(N)=S)cc2)C1. The smallest absolute Gasteiger partial charge is 0.243 e. The molecule has 7 heteroatoms. The third kappa shape index (κ3) is 3.79. The Bertz CT molecular complexity index is 597. The van der Waals surface area contributed by atoms with Crippen LogP contribution in [0.25, 0.3) is 0 Å². The third-order valence-electron chi connectivity index (χ3n) is 3.52. The molecule has 1 fully saturated rings. The van der Waals surface area contributed by atoms with E-state index in [9.17, 15) is 8.42 Å². The lowest BCUT2D eigenvalue weighted by molar-refractivity contribution is 0.0265. The molecule has 1 saturated heterocycles. The zero-order valence-corrected chi connectivity index (χ0v) is 13.6. The second kappa shape index (κ2) is 6.83. The Hall–Kier alpha value is -1.02. The van der Waals surface area contributed by atoms with Gasteiger partial charge in [0.1, 0.15) is 4.99 Å². The van der Waals surface area contributed by atoms with Crippen molar-refractivity contribution >= 4 is 27.2 Å². The summed E-state index contributed by atoms with van der Waals surface area (Å²) in [5, 5.41) is 0. The van der Waals surface area contributed by atoms with Crippen LogP contribution in [0.4, 0.5) is 0 Å². The predicted octanol–water partition coefficient (Wildman–Crippen LogP) is 1.51. The molecule has 0 saturated carbocycles. The fraction of sp³-hybridized carbons (Fsp3) is 0.500. The number of ether oxygens (including phenoxy) is 1. The molecule has 1 aliphatic heterocycles. The molecule has 0 radical (unpaired) electrons. The molecular weight excluding hydrogens is 308 g/mol. The summed E-state index contributed by atoms with van der Waals surface area (Å²) >= 11 is 4.87. The van der Waals surface area contributed by atoms with Crippen molar-refractivity contribution in [2.24, 2.45) is 5.73 Å². The van der Waals surface area contributed by atoms with E-state index in [2.05, 4.69) is 0 Å². The van der Waals surface area contributed by atoms with E-state index in [1.807, 2.05) is 6.92 Å². The van der Waals surface area contributed by atoms with Crippen LogP contribution in [0.3, 0.4) is 0 Å². The largest absolute Gasteiger partial charge is 0.389 e. The lowest BCUT2D eigenvalue weighted by Crippen LogP contribution is -2.43. The van der Waals surface area contributed by atoms with Gasteiger partial charge < -0.3 is 10.5 Å². The van der Waals surface area contributed by atoms with Crippen molar-refractivity contribution in [3.63, 3.8) is 0 Å². The number of hydrogen-bond acceptors (Lipinski definition) is 4. The molecule has 0 aromatic heterocycles. The normalized spacial score (nSPS) is 20.3. The van der Waals surface area contributed by atoms with Crippen LogP contribution in [0.5, 0.6) is 0 Å². The minimum atomic E-state index is -3.49. The van der Waals surface area contributed by atoms with Gasteiger partial charge in [-0.1, -0.05) is 24.4 Å². The Balaban J connectivity index is 2.18. The molecular formula is C14H20N2O3S2. The summed E-state index contributed by atoms with van der Waals surface area (Å²) < 4.78 is 32.3. The van der Waals surface area contributed by atoms with Crippen LogP contribution in [0.15, 0.2) is 29.2 Å². The summed E-state index contributed by atoms with van der Waals surface area (Å²) in [4.78, 5) is 0.521. The molecule has 1 aromatic carbocycles. The van der Waals surface area contributed by atoms with Gasteiger partial charge in [-0.3, -0.25) is 0 Å². The first-order valence-electron chi connectivity index (χ1n) is 6.96. The van der Waals surface area contributed by atoms with E-state index in [1.54, 1.807) is 24.3 Å². The Kier molecular flexibility index (Phi) is 5.32. The lowest BCUT2D eigenvalue weighted by atomic mass is 10.1. The van der Waals surface area contributed by atoms with Gasteiger partial charge >= 0.3 is 0 Å². The first-order valence-corrected chi connectivity index (χ1v) is 8.81. The number of nitrogens with two attached hydrogens (primary N) is 1. The molecule has 0 bridgehead atoms. The van der Waals surface area contributed by atoms with Gasteiger partial charge in [-0.05, 0) is 31.9 Å². The van der Waals surface area contributed by atoms with Gasteiger partial charge in [-0.2, -0.15) is 4.31 Å². The van der Waals surface area contributed by atoms with Gasteiger partial charge in [0.15, 0.2) is 0 Å². The first kappa shape index (κ1) is 16.4. The van der Waals surface area contributed by atoms with Crippen LogP contribution in [-0.4, -0.2) is 43.5 Å². The molecule has 0 spiro atoms. The van der Waals surface area contributed by atoms with Crippen molar-refractivity contribution in [3.05, 3.63) is 29.8 Å². The topological polar surface area (TPSA) is 72.6 Å². The monoisotopic (exact) mass is 328 g/mol. The average molecular weight is 328 g/mol. The molecule has 116 valence electrons. The van der Waals surface area contributed by atoms with Crippen molar-refractivity contribution in [2.45, 2.75) is 30.8 Å². The summed E-state index contributed by atoms with van der Waals surface area (Å²) in [5.41, 5.74) is 6.18. The van der Waals surface area contributed by atoms with Crippen LogP contribution in [0.2, 0.25) is 0 Å². The molecule has 1 unspecified atom stereocenters. The number of sulfonamides is 1. The zero-order chi connectivity index (χ0) is 15.5. The Labute approximate surface area is 131 Å². The van der Waals surface area contributed by atoms with Crippen molar-refractivity contribution in [3.8, 4) is 0 Å². The lowest BCUT2D eigenvalue weighted by Gasteiger charge is -2.31. The van der Waals surface area contributed by atoms with E-state index in [-0.39, 0.29) is 16.0 Å². The van der Waals surface area contributed by atoms with Gasteiger partial charge in [-0.25, -0.2) is 8.42 Å². The highest BCUT2D eigenvalue weighted by molar-refractivity contribution is 7.89. The minimum absolute atomic E-state index is 0.0191. The molecule has 2 N–H and O–H groups in total. The molecule has 1 aliphatic rings. The quantitative estimate of drug-likeness (QED) is 0.830. The number of rotatable bonds is 5. The highest BCUT2D eigenvalue weighted by Gasteiger charge is 2.30. The van der Waals surface area contributed by atoms with Gasteiger partial charge in [0, 0.05) is 25.3 Å². The number of piperidine rings is 1. The Morgan fingerprint density at radius 3 is 2.67 bits per heavy atom. The third-order valence-corrected chi connectivity index (χ3v) is 5.63. The predicted molar refractivity (Wildman–Crippen MR) is 85.7 cm³/mol. The van der Waals surface area contributed by atoms with E-state index in [4.69, 9.17) is 22.7 Å². The van der Waals surface area contributed by atoms with E-state index >= 15 is 0 Å². The summed E-state index contributed by atoms with van der Waals surface area (Å²) in [6.07, 6.45) is 1.70.